The van der Waals surface area contributed by atoms with Crippen LogP contribution in [0.4, 0.5) is 10.1 Å². The molecule has 0 aromatic heterocycles. The van der Waals surface area contributed by atoms with E-state index in [1.54, 1.807) is 24.3 Å². The summed E-state index contributed by atoms with van der Waals surface area (Å²) in [5.74, 6) is -1.46. The molecule has 1 N–H and O–H groups in total. The number of hydrogen-bond donors (Lipinski definition) is 1. The van der Waals surface area contributed by atoms with E-state index in [-0.39, 0.29) is 24.6 Å². The zero-order valence-corrected chi connectivity index (χ0v) is 22.9. The highest BCUT2D eigenvalue weighted by atomic mass is 35.5. The average Bonchev–Trinajstić information content (AvgIpc) is 2.89. The van der Waals surface area contributed by atoms with E-state index in [9.17, 15) is 22.4 Å². The fraction of sp³-hybridized carbons (Fsp3) is 0.286. The standard InChI is InChI=1S/C28H31ClFN3O4S/c1-3-17-31-28(35)26(18-21-7-5-4-6-8-21)32(19-22-9-11-23(29)12-10-22)27(34)20-33(38(2,36)37)25-15-13-24(30)14-16-25/h4-16,26H,3,17-20H2,1-2H3,(H,31,35). The second-order valence-electron chi connectivity index (χ2n) is 8.89. The van der Waals surface area contributed by atoms with Gasteiger partial charge in [-0.15, -0.1) is 0 Å². The molecule has 0 fully saturated rings. The third-order valence-corrected chi connectivity index (χ3v) is 7.27. The van der Waals surface area contributed by atoms with Crippen LogP contribution in [-0.4, -0.2) is 50.5 Å². The number of rotatable bonds is 12. The topological polar surface area (TPSA) is 86.8 Å². The van der Waals surface area contributed by atoms with Crippen molar-refractivity contribution in [2.45, 2.75) is 32.4 Å². The molecule has 7 nitrogen and oxygen atoms in total. The van der Waals surface area contributed by atoms with Crippen LogP contribution < -0.4 is 9.62 Å². The SMILES string of the molecule is CCCNC(=O)C(Cc1ccccc1)N(Cc1ccc(Cl)cc1)C(=O)CN(c1ccc(F)cc1)S(C)(=O)=O. The zero-order valence-electron chi connectivity index (χ0n) is 21.3. The molecule has 3 aromatic carbocycles. The summed E-state index contributed by atoms with van der Waals surface area (Å²) in [4.78, 5) is 28.6. The smallest absolute Gasteiger partial charge is 0.244 e. The third kappa shape index (κ3) is 8.29. The minimum absolute atomic E-state index is 0.0497. The van der Waals surface area contributed by atoms with Crippen LogP contribution in [0.15, 0.2) is 78.9 Å². The lowest BCUT2D eigenvalue weighted by Crippen LogP contribution is -2.53. The van der Waals surface area contributed by atoms with Crippen molar-refractivity contribution in [3.63, 3.8) is 0 Å². The predicted molar refractivity (Wildman–Crippen MR) is 148 cm³/mol. The van der Waals surface area contributed by atoms with Gasteiger partial charge in [0.1, 0.15) is 18.4 Å². The average molecular weight is 560 g/mol. The number of carbonyl (C=O) groups excluding carboxylic acids is 2. The van der Waals surface area contributed by atoms with Crippen LogP contribution >= 0.6 is 11.6 Å². The lowest BCUT2D eigenvalue weighted by atomic mass is 10.0. The van der Waals surface area contributed by atoms with Crippen LogP contribution in [0, 0.1) is 5.82 Å². The van der Waals surface area contributed by atoms with Crippen molar-refractivity contribution in [1.29, 1.82) is 0 Å². The Morgan fingerprint density at radius 2 is 1.58 bits per heavy atom. The number of anilines is 1. The van der Waals surface area contributed by atoms with Gasteiger partial charge < -0.3 is 10.2 Å². The number of nitrogens with zero attached hydrogens (tertiary/aromatic N) is 2. The summed E-state index contributed by atoms with van der Waals surface area (Å²) in [5, 5.41) is 3.40. The first-order chi connectivity index (χ1) is 18.1. The summed E-state index contributed by atoms with van der Waals surface area (Å²) in [7, 11) is -3.91. The molecular formula is C28H31ClFN3O4S. The van der Waals surface area contributed by atoms with Crippen LogP contribution in [0.1, 0.15) is 24.5 Å². The summed E-state index contributed by atoms with van der Waals surface area (Å²) in [6, 6.07) is 20.1. The van der Waals surface area contributed by atoms with Crippen LogP contribution in [0.2, 0.25) is 5.02 Å². The van der Waals surface area contributed by atoms with Gasteiger partial charge in [-0.05, 0) is 53.9 Å². The van der Waals surface area contributed by atoms with E-state index in [0.717, 1.165) is 33.8 Å². The van der Waals surface area contributed by atoms with Gasteiger partial charge in [0.05, 0.1) is 11.9 Å². The minimum Gasteiger partial charge on any atom is -0.354 e. The summed E-state index contributed by atoms with van der Waals surface area (Å²) in [6.45, 7) is 1.84. The Kier molecular flexibility index (Phi) is 10.3. The fourth-order valence-corrected chi connectivity index (χ4v) is 4.90. The minimum atomic E-state index is -3.91. The van der Waals surface area contributed by atoms with Gasteiger partial charge in [-0.1, -0.05) is 61.0 Å². The summed E-state index contributed by atoms with van der Waals surface area (Å²) >= 11 is 6.04. The molecule has 1 unspecified atom stereocenters. The molecule has 0 bridgehead atoms. The number of halogens is 2. The van der Waals surface area contributed by atoms with E-state index in [4.69, 9.17) is 11.6 Å². The van der Waals surface area contributed by atoms with E-state index in [1.165, 1.54) is 17.0 Å². The maximum atomic E-state index is 13.9. The largest absolute Gasteiger partial charge is 0.354 e. The molecule has 3 aromatic rings. The molecule has 1 atom stereocenters. The van der Waals surface area contributed by atoms with Gasteiger partial charge in [-0.25, -0.2) is 12.8 Å². The van der Waals surface area contributed by atoms with Gasteiger partial charge in [0.15, 0.2) is 0 Å². The molecule has 0 aliphatic carbocycles. The highest BCUT2D eigenvalue weighted by Crippen LogP contribution is 2.21. The second kappa shape index (κ2) is 13.4. The van der Waals surface area contributed by atoms with E-state index < -0.39 is 34.3 Å². The predicted octanol–water partition coefficient (Wildman–Crippen LogP) is 4.41. The molecular weight excluding hydrogens is 529 g/mol. The van der Waals surface area contributed by atoms with Crippen molar-refractivity contribution in [3.05, 3.63) is 101 Å². The Morgan fingerprint density at radius 3 is 2.16 bits per heavy atom. The van der Waals surface area contributed by atoms with Crippen molar-refractivity contribution in [3.8, 4) is 0 Å². The number of benzene rings is 3. The van der Waals surface area contributed by atoms with Crippen molar-refractivity contribution in [1.82, 2.24) is 10.2 Å². The molecule has 0 saturated carbocycles. The monoisotopic (exact) mass is 559 g/mol. The molecule has 0 aliphatic heterocycles. The van der Waals surface area contributed by atoms with E-state index in [1.807, 2.05) is 37.3 Å². The second-order valence-corrected chi connectivity index (χ2v) is 11.2. The number of amides is 2. The molecule has 0 spiro atoms. The van der Waals surface area contributed by atoms with Crippen molar-refractivity contribution < 1.29 is 22.4 Å². The van der Waals surface area contributed by atoms with Gasteiger partial charge in [0, 0.05) is 24.5 Å². The summed E-state index contributed by atoms with van der Waals surface area (Å²) in [5.41, 5.74) is 1.71. The van der Waals surface area contributed by atoms with Crippen LogP contribution in [0.5, 0.6) is 0 Å². The zero-order chi connectivity index (χ0) is 27.7. The number of nitrogens with one attached hydrogen (secondary N) is 1. The molecule has 3 rings (SSSR count). The van der Waals surface area contributed by atoms with Gasteiger partial charge in [0.25, 0.3) is 0 Å². The number of sulfonamides is 1. The van der Waals surface area contributed by atoms with Crippen LogP contribution in [0.3, 0.4) is 0 Å². The van der Waals surface area contributed by atoms with Crippen LogP contribution in [0.25, 0.3) is 0 Å². The van der Waals surface area contributed by atoms with Crippen molar-refractivity contribution in [2.75, 3.05) is 23.7 Å². The molecule has 0 heterocycles. The van der Waals surface area contributed by atoms with E-state index in [2.05, 4.69) is 5.32 Å². The van der Waals surface area contributed by atoms with Gasteiger partial charge in [-0.3, -0.25) is 13.9 Å². The fourth-order valence-electron chi connectivity index (χ4n) is 3.93. The van der Waals surface area contributed by atoms with E-state index >= 15 is 0 Å². The Labute approximate surface area is 228 Å². The lowest BCUT2D eigenvalue weighted by molar-refractivity contribution is -0.140. The molecule has 2 amide bonds. The lowest BCUT2D eigenvalue weighted by Gasteiger charge is -2.33. The third-order valence-electron chi connectivity index (χ3n) is 5.88. The summed E-state index contributed by atoms with van der Waals surface area (Å²) in [6.07, 6.45) is 1.91. The molecule has 10 heteroatoms. The maximum absolute atomic E-state index is 13.9. The van der Waals surface area contributed by atoms with Crippen molar-refractivity contribution in [2.24, 2.45) is 0 Å². The Morgan fingerprint density at radius 1 is 0.947 bits per heavy atom. The first kappa shape index (κ1) is 29.1. The van der Waals surface area contributed by atoms with Gasteiger partial charge in [0.2, 0.25) is 21.8 Å². The van der Waals surface area contributed by atoms with E-state index in [0.29, 0.717) is 18.0 Å². The Bertz CT molecular complexity index is 1320. The molecule has 38 heavy (non-hydrogen) atoms. The highest BCUT2D eigenvalue weighted by Gasteiger charge is 2.32. The maximum Gasteiger partial charge on any atom is 0.244 e. The molecule has 0 saturated heterocycles. The number of hydrogen-bond acceptors (Lipinski definition) is 4. The van der Waals surface area contributed by atoms with Gasteiger partial charge in [-0.2, -0.15) is 0 Å². The summed E-state index contributed by atoms with van der Waals surface area (Å²) < 4.78 is 39.8. The number of carbonyl (C=O) groups is 2. The normalized spacial score (nSPS) is 12.0. The quantitative estimate of drug-likeness (QED) is 0.356. The molecule has 0 radical (unpaired) electrons. The Hall–Kier alpha value is -3.43. The van der Waals surface area contributed by atoms with Gasteiger partial charge >= 0.3 is 0 Å². The first-order valence-corrected chi connectivity index (χ1v) is 14.4. The van der Waals surface area contributed by atoms with Crippen LogP contribution in [-0.2, 0) is 32.6 Å². The molecule has 202 valence electrons. The first-order valence-electron chi connectivity index (χ1n) is 12.2. The van der Waals surface area contributed by atoms with Crippen molar-refractivity contribution >= 4 is 39.1 Å². The Balaban J connectivity index is 2.02. The highest BCUT2D eigenvalue weighted by molar-refractivity contribution is 7.92. The molecule has 0 aliphatic rings.